The summed E-state index contributed by atoms with van der Waals surface area (Å²) in [7, 11) is -3.45. The van der Waals surface area contributed by atoms with Gasteiger partial charge in [0, 0.05) is 39.3 Å². The summed E-state index contributed by atoms with van der Waals surface area (Å²) in [5.41, 5.74) is 0. The van der Waals surface area contributed by atoms with Gasteiger partial charge in [0.2, 0.25) is 5.91 Å². The first-order valence-corrected chi connectivity index (χ1v) is 12.5. The van der Waals surface area contributed by atoms with Gasteiger partial charge in [-0.05, 0) is 53.2 Å². The zero-order valence-corrected chi connectivity index (χ0v) is 19.3. The number of piperazine rings is 1. The van der Waals surface area contributed by atoms with Gasteiger partial charge in [0.1, 0.15) is 4.21 Å². The average Bonchev–Trinajstić information content (AvgIpc) is 3.07. The monoisotopic (exact) mass is 477 g/mol. The van der Waals surface area contributed by atoms with Crippen LogP contribution in [-0.2, 0) is 14.8 Å². The van der Waals surface area contributed by atoms with E-state index in [1.54, 1.807) is 12.1 Å². The Labute approximate surface area is 174 Å². The minimum Gasteiger partial charge on any atom is -0.341 e. The Morgan fingerprint density at radius 1 is 1.15 bits per heavy atom. The number of hydrogen-bond acceptors (Lipinski definition) is 5. The normalized spacial score (nSPS) is 26.9. The van der Waals surface area contributed by atoms with Gasteiger partial charge in [-0.1, -0.05) is 13.8 Å². The molecule has 27 heavy (non-hydrogen) atoms. The van der Waals surface area contributed by atoms with Crippen molar-refractivity contribution in [2.24, 2.45) is 11.8 Å². The van der Waals surface area contributed by atoms with Crippen molar-refractivity contribution in [3.05, 3.63) is 15.9 Å². The third-order valence-corrected chi connectivity index (χ3v) is 9.49. The lowest BCUT2D eigenvalue weighted by Crippen LogP contribution is -2.56. The van der Waals surface area contributed by atoms with E-state index in [1.165, 1.54) is 22.1 Å². The van der Waals surface area contributed by atoms with Crippen LogP contribution in [0.2, 0.25) is 0 Å². The number of rotatable bonds is 4. The maximum Gasteiger partial charge on any atom is 0.252 e. The minimum absolute atomic E-state index is 0.173. The molecule has 1 aromatic heterocycles. The van der Waals surface area contributed by atoms with Gasteiger partial charge < -0.3 is 4.90 Å². The topological polar surface area (TPSA) is 60.9 Å². The van der Waals surface area contributed by atoms with Crippen LogP contribution in [0.4, 0.5) is 0 Å². The summed E-state index contributed by atoms with van der Waals surface area (Å²) in [6.45, 7) is 10.0. The smallest absolute Gasteiger partial charge is 0.252 e. The molecule has 3 heterocycles. The largest absolute Gasteiger partial charge is 0.341 e. The molecule has 0 unspecified atom stereocenters. The molecule has 2 fully saturated rings. The first-order chi connectivity index (χ1) is 12.7. The highest BCUT2D eigenvalue weighted by Crippen LogP contribution is 2.29. The van der Waals surface area contributed by atoms with Gasteiger partial charge in [0.15, 0.2) is 0 Å². The molecule has 1 amide bonds. The summed E-state index contributed by atoms with van der Waals surface area (Å²) in [5, 5.41) is 0. The van der Waals surface area contributed by atoms with Crippen LogP contribution >= 0.6 is 27.3 Å². The Bertz CT molecular complexity index is 765. The van der Waals surface area contributed by atoms with Gasteiger partial charge in [0.25, 0.3) is 10.0 Å². The maximum absolute atomic E-state index is 12.9. The fourth-order valence-electron chi connectivity index (χ4n) is 4.16. The molecule has 2 saturated heterocycles. The number of likely N-dealkylation sites (tertiary alicyclic amines) is 1. The average molecular weight is 478 g/mol. The number of hydrogen-bond donors (Lipinski definition) is 0. The molecule has 0 bridgehead atoms. The number of carbonyl (C=O) groups is 1. The lowest BCUT2D eigenvalue weighted by molar-refractivity contribution is -0.139. The summed E-state index contributed by atoms with van der Waals surface area (Å²) in [6.07, 6.45) is 1.17. The van der Waals surface area contributed by atoms with Crippen LogP contribution in [0.5, 0.6) is 0 Å². The molecule has 0 saturated carbocycles. The molecule has 0 aliphatic carbocycles. The van der Waals surface area contributed by atoms with E-state index in [0.29, 0.717) is 42.2 Å². The number of amides is 1. The zero-order valence-electron chi connectivity index (χ0n) is 16.1. The fourth-order valence-corrected chi connectivity index (χ4v) is 7.74. The van der Waals surface area contributed by atoms with Gasteiger partial charge in [-0.25, -0.2) is 8.42 Å². The molecule has 0 radical (unpaired) electrons. The molecule has 2 aliphatic heterocycles. The van der Waals surface area contributed by atoms with Crippen molar-refractivity contribution in [3.63, 3.8) is 0 Å². The highest BCUT2D eigenvalue weighted by Gasteiger charge is 2.35. The number of nitrogens with zero attached hydrogens (tertiary/aromatic N) is 3. The summed E-state index contributed by atoms with van der Waals surface area (Å²) in [5.74, 6) is 1.25. The predicted octanol–water partition coefficient (Wildman–Crippen LogP) is 2.71. The van der Waals surface area contributed by atoms with Crippen molar-refractivity contribution in [3.8, 4) is 0 Å². The number of thiophene rings is 1. The number of carbonyl (C=O) groups excluding carboxylic acids is 1. The third-order valence-electron chi connectivity index (χ3n) is 5.50. The molecule has 3 rings (SSSR count). The Kier molecular flexibility index (Phi) is 6.67. The number of halogens is 1. The summed E-state index contributed by atoms with van der Waals surface area (Å²) >= 11 is 4.56. The highest BCUT2D eigenvalue weighted by atomic mass is 79.9. The van der Waals surface area contributed by atoms with Crippen LogP contribution in [0.3, 0.4) is 0 Å². The van der Waals surface area contributed by atoms with E-state index in [-0.39, 0.29) is 11.9 Å². The van der Waals surface area contributed by atoms with E-state index < -0.39 is 10.0 Å². The van der Waals surface area contributed by atoms with Crippen molar-refractivity contribution >= 4 is 43.2 Å². The van der Waals surface area contributed by atoms with E-state index in [2.05, 4.69) is 34.7 Å². The van der Waals surface area contributed by atoms with E-state index >= 15 is 0 Å². The first-order valence-electron chi connectivity index (χ1n) is 9.46. The van der Waals surface area contributed by atoms with Gasteiger partial charge in [0.05, 0.1) is 9.83 Å². The Morgan fingerprint density at radius 2 is 1.74 bits per heavy atom. The lowest BCUT2D eigenvalue weighted by Gasteiger charge is -2.41. The second-order valence-corrected chi connectivity index (χ2v) is 12.5. The Hall–Kier alpha value is -0.480. The molecule has 0 aromatic carbocycles. The van der Waals surface area contributed by atoms with Crippen LogP contribution in [0.25, 0.3) is 0 Å². The SMILES string of the molecule is C[C@@H]1C[C@H](C)CN(C(=O)[C@@H](C)N2CCN(S(=O)(=O)c3ccc(Br)s3)CC2)C1. The Balaban J connectivity index is 1.59. The van der Waals surface area contributed by atoms with Crippen LogP contribution < -0.4 is 0 Å². The maximum atomic E-state index is 12.9. The van der Waals surface area contributed by atoms with Gasteiger partial charge >= 0.3 is 0 Å². The van der Waals surface area contributed by atoms with Crippen molar-refractivity contribution < 1.29 is 13.2 Å². The van der Waals surface area contributed by atoms with Crippen LogP contribution in [0.1, 0.15) is 27.2 Å². The highest BCUT2D eigenvalue weighted by molar-refractivity contribution is 9.11. The quantitative estimate of drug-likeness (QED) is 0.668. The summed E-state index contributed by atoms with van der Waals surface area (Å²) in [4.78, 5) is 17.0. The molecule has 152 valence electrons. The van der Waals surface area contributed by atoms with Gasteiger partial charge in [-0.2, -0.15) is 4.31 Å². The molecule has 1 aromatic rings. The van der Waals surface area contributed by atoms with Gasteiger partial charge in [-0.15, -0.1) is 11.3 Å². The van der Waals surface area contributed by atoms with Gasteiger partial charge in [-0.3, -0.25) is 9.69 Å². The molecular formula is C18H28BrN3O3S2. The summed E-state index contributed by atoms with van der Waals surface area (Å²) in [6, 6.07) is 3.19. The number of piperidine rings is 1. The van der Waals surface area contributed by atoms with Crippen molar-refractivity contribution in [2.45, 2.75) is 37.4 Å². The zero-order chi connectivity index (χ0) is 19.8. The lowest BCUT2D eigenvalue weighted by atomic mass is 9.91. The standard InChI is InChI=1S/C18H28BrN3O3S2/c1-13-10-14(2)12-21(11-13)18(23)15(3)20-6-8-22(9-7-20)27(24,25)17-5-4-16(19)26-17/h4-5,13-15H,6-12H2,1-3H3/t13-,14+,15-/m1/s1. The molecular weight excluding hydrogens is 450 g/mol. The fraction of sp³-hybridized carbons (Fsp3) is 0.722. The molecule has 3 atom stereocenters. The minimum atomic E-state index is -3.45. The van der Waals surface area contributed by atoms with Crippen LogP contribution in [0, 0.1) is 11.8 Å². The third kappa shape index (κ3) is 4.75. The molecule has 0 spiro atoms. The van der Waals surface area contributed by atoms with Crippen molar-refractivity contribution in [2.75, 3.05) is 39.3 Å². The predicted molar refractivity (Wildman–Crippen MR) is 111 cm³/mol. The van der Waals surface area contributed by atoms with E-state index in [0.717, 1.165) is 16.9 Å². The van der Waals surface area contributed by atoms with Crippen LogP contribution in [-0.4, -0.2) is 73.7 Å². The second-order valence-electron chi connectivity index (χ2n) is 7.86. The van der Waals surface area contributed by atoms with E-state index in [4.69, 9.17) is 0 Å². The summed E-state index contributed by atoms with van der Waals surface area (Å²) < 4.78 is 28.2. The van der Waals surface area contributed by atoms with Crippen molar-refractivity contribution in [1.82, 2.24) is 14.1 Å². The van der Waals surface area contributed by atoms with E-state index in [1.807, 2.05) is 11.8 Å². The number of sulfonamides is 1. The molecule has 6 nitrogen and oxygen atoms in total. The molecule has 2 aliphatic rings. The van der Waals surface area contributed by atoms with E-state index in [9.17, 15) is 13.2 Å². The molecule has 9 heteroatoms. The second kappa shape index (κ2) is 8.49. The van der Waals surface area contributed by atoms with Crippen LogP contribution in [0.15, 0.2) is 20.1 Å². The molecule has 0 N–H and O–H groups in total. The first kappa shape index (κ1) is 21.2. The Morgan fingerprint density at radius 3 is 2.26 bits per heavy atom. The van der Waals surface area contributed by atoms with Crippen molar-refractivity contribution in [1.29, 1.82) is 0 Å².